The van der Waals surface area contributed by atoms with E-state index in [4.69, 9.17) is 16.3 Å². The average molecular weight is 419 g/mol. The molecule has 1 saturated heterocycles. The predicted octanol–water partition coefficient (Wildman–Crippen LogP) is 3.46. The quantitative estimate of drug-likeness (QED) is 0.749. The van der Waals surface area contributed by atoms with E-state index in [9.17, 15) is 14.0 Å². The van der Waals surface area contributed by atoms with Crippen LogP contribution in [0, 0.1) is 11.7 Å². The lowest BCUT2D eigenvalue weighted by Gasteiger charge is -2.32. The van der Waals surface area contributed by atoms with E-state index in [0.717, 1.165) is 12.8 Å². The molecule has 1 fully saturated rings. The van der Waals surface area contributed by atoms with Crippen molar-refractivity contribution in [2.75, 3.05) is 26.2 Å². The molecule has 0 radical (unpaired) electrons. The summed E-state index contributed by atoms with van der Waals surface area (Å²) in [4.78, 5) is 26.2. The monoisotopic (exact) mass is 418 g/mol. The van der Waals surface area contributed by atoms with Crippen LogP contribution in [0.1, 0.15) is 18.4 Å². The second kappa shape index (κ2) is 10.3. The van der Waals surface area contributed by atoms with Crippen LogP contribution in [0.2, 0.25) is 5.02 Å². The van der Waals surface area contributed by atoms with E-state index >= 15 is 0 Å². The number of nitrogens with one attached hydrogen (secondary N) is 1. The molecule has 3 rings (SSSR count). The highest BCUT2D eigenvalue weighted by Gasteiger charge is 2.23. The van der Waals surface area contributed by atoms with Crippen LogP contribution in [0.25, 0.3) is 0 Å². The third kappa shape index (κ3) is 6.19. The number of benzene rings is 2. The normalized spacial score (nSPS) is 14.5. The molecule has 5 nitrogen and oxygen atoms in total. The lowest BCUT2D eigenvalue weighted by molar-refractivity contribution is -0.135. The predicted molar refractivity (Wildman–Crippen MR) is 109 cm³/mol. The number of amides is 2. The first-order valence-electron chi connectivity index (χ1n) is 9.68. The number of carbonyl (C=O) groups excluding carboxylic acids is 2. The van der Waals surface area contributed by atoms with Crippen molar-refractivity contribution in [3.05, 3.63) is 64.9 Å². The van der Waals surface area contributed by atoms with Crippen LogP contribution in [-0.2, 0) is 16.0 Å². The van der Waals surface area contributed by atoms with Crippen molar-refractivity contribution in [1.29, 1.82) is 0 Å². The van der Waals surface area contributed by atoms with E-state index in [-0.39, 0.29) is 41.3 Å². The Kier molecular flexibility index (Phi) is 7.47. The summed E-state index contributed by atoms with van der Waals surface area (Å²) in [7, 11) is 0. The van der Waals surface area contributed by atoms with Crippen molar-refractivity contribution in [3.63, 3.8) is 0 Å². The number of halogens is 2. The SMILES string of the molecule is O=C(Cc1c(F)cccc1Cl)NCC1CCN(C(=O)COc2ccccc2)CC1. The molecule has 0 bridgehead atoms. The van der Waals surface area contributed by atoms with Gasteiger partial charge in [0.15, 0.2) is 6.61 Å². The number of para-hydroxylation sites is 1. The summed E-state index contributed by atoms with van der Waals surface area (Å²) in [6.45, 7) is 1.80. The van der Waals surface area contributed by atoms with Gasteiger partial charge in [-0.25, -0.2) is 4.39 Å². The van der Waals surface area contributed by atoms with Crippen LogP contribution in [0.3, 0.4) is 0 Å². The van der Waals surface area contributed by atoms with Crippen molar-refractivity contribution < 1.29 is 18.7 Å². The Morgan fingerprint density at radius 3 is 2.52 bits per heavy atom. The zero-order valence-corrected chi connectivity index (χ0v) is 16.8. The number of likely N-dealkylation sites (tertiary alicyclic amines) is 1. The van der Waals surface area contributed by atoms with Crippen LogP contribution in [0.15, 0.2) is 48.5 Å². The summed E-state index contributed by atoms with van der Waals surface area (Å²) in [5.74, 6) is 0.192. The van der Waals surface area contributed by atoms with Gasteiger partial charge in [-0.2, -0.15) is 0 Å². The summed E-state index contributed by atoms with van der Waals surface area (Å²) in [6, 6.07) is 13.6. The van der Waals surface area contributed by atoms with Crippen LogP contribution in [-0.4, -0.2) is 43.0 Å². The Morgan fingerprint density at radius 2 is 1.83 bits per heavy atom. The van der Waals surface area contributed by atoms with Crippen molar-refractivity contribution >= 4 is 23.4 Å². The van der Waals surface area contributed by atoms with E-state index in [1.54, 1.807) is 11.0 Å². The van der Waals surface area contributed by atoms with Gasteiger partial charge in [0.05, 0.1) is 6.42 Å². The molecule has 1 aliphatic heterocycles. The zero-order chi connectivity index (χ0) is 20.6. The summed E-state index contributed by atoms with van der Waals surface area (Å²) in [6.07, 6.45) is 1.52. The number of nitrogens with zero attached hydrogens (tertiary/aromatic N) is 1. The topological polar surface area (TPSA) is 58.6 Å². The summed E-state index contributed by atoms with van der Waals surface area (Å²) in [5.41, 5.74) is 0.213. The highest BCUT2D eigenvalue weighted by atomic mass is 35.5. The summed E-state index contributed by atoms with van der Waals surface area (Å²) < 4.78 is 19.3. The van der Waals surface area contributed by atoms with E-state index in [0.29, 0.717) is 25.4 Å². The van der Waals surface area contributed by atoms with Crippen molar-refractivity contribution in [1.82, 2.24) is 10.2 Å². The maximum atomic E-state index is 13.8. The zero-order valence-electron chi connectivity index (χ0n) is 16.1. The third-order valence-electron chi connectivity index (χ3n) is 5.06. The molecule has 0 spiro atoms. The van der Waals surface area contributed by atoms with Gasteiger partial charge in [0.25, 0.3) is 5.91 Å². The fourth-order valence-electron chi connectivity index (χ4n) is 3.32. The van der Waals surface area contributed by atoms with Gasteiger partial charge in [0, 0.05) is 30.2 Å². The number of hydrogen-bond acceptors (Lipinski definition) is 3. The second-order valence-electron chi connectivity index (χ2n) is 7.11. The van der Waals surface area contributed by atoms with Crippen LogP contribution in [0.4, 0.5) is 4.39 Å². The Balaban J connectivity index is 1.37. The number of rotatable bonds is 7. The first-order valence-corrected chi connectivity index (χ1v) is 10.1. The molecule has 1 N–H and O–H groups in total. The Bertz CT molecular complexity index is 819. The van der Waals surface area contributed by atoms with Crippen molar-refractivity contribution in [2.24, 2.45) is 5.92 Å². The molecule has 154 valence electrons. The molecule has 2 amide bonds. The van der Waals surface area contributed by atoms with Crippen molar-refractivity contribution in [3.8, 4) is 5.75 Å². The molecule has 0 aliphatic carbocycles. The van der Waals surface area contributed by atoms with E-state index in [1.165, 1.54) is 12.1 Å². The summed E-state index contributed by atoms with van der Waals surface area (Å²) >= 11 is 5.97. The van der Waals surface area contributed by atoms with E-state index < -0.39 is 5.82 Å². The highest BCUT2D eigenvalue weighted by Crippen LogP contribution is 2.20. The lowest BCUT2D eigenvalue weighted by Crippen LogP contribution is -2.43. The van der Waals surface area contributed by atoms with E-state index in [2.05, 4.69) is 5.32 Å². The van der Waals surface area contributed by atoms with Crippen molar-refractivity contribution in [2.45, 2.75) is 19.3 Å². The van der Waals surface area contributed by atoms with Gasteiger partial charge < -0.3 is 15.0 Å². The fraction of sp³-hybridized carbons (Fsp3) is 0.364. The minimum atomic E-state index is -0.475. The minimum Gasteiger partial charge on any atom is -0.484 e. The Labute approximate surface area is 174 Å². The molecule has 29 heavy (non-hydrogen) atoms. The minimum absolute atomic E-state index is 0.0226. The molecular weight excluding hydrogens is 395 g/mol. The molecule has 1 aliphatic rings. The molecule has 7 heteroatoms. The van der Waals surface area contributed by atoms with Gasteiger partial charge in [-0.05, 0) is 43.0 Å². The number of carbonyl (C=O) groups is 2. The highest BCUT2D eigenvalue weighted by molar-refractivity contribution is 6.31. The molecule has 0 unspecified atom stereocenters. The fourth-order valence-corrected chi connectivity index (χ4v) is 3.55. The van der Waals surface area contributed by atoms with Crippen LogP contribution in [0.5, 0.6) is 5.75 Å². The van der Waals surface area contributed by atoms with Crippen LogP contribution >= 0.6 is 11.6 Å². The standard InChI is InChI=1S/C22H24ClFN2O3/c23-19-7-4-8-20(24)18(19)13-21(27)25-14-16-9-11-26(12-10-16)22(28)15-29-17-5-2-1-3-6-17/h1-8,16H,9-15H2,(H,25,27). The first kappa shape index (κ1) is 21.1. The maximum absolute atomic E-state index is 13.8. The van der Waals surface area contributed by atoms with E-state index in [1.807, 2.05) is 30.3 Å². The molecule has 2 aromatic carbocycles. The maximum Gasteiger partial charge on any atom is 0.260 e. The molecule has 2 aromatic rings. The largest absolute Gasteiger partial charge is 0.484 e. The van der Waals surface area contributed by atoms with Gasteiger partial charge in [-0.1, -0.05) is 35.9 Å². The molecule has 1 heterocycles. The Morgan fingerprint density at radius 1 is 1.10 bits per heavy atom. The smallest absolute Gasteiger partial charge is 0.260 e. The van der Waals surface area contributed by atoms with Gasteiger partial charge in [0.1, 0.15) is 11.6 Å². The van der Waals surface area contributed by atoms with Gasteiger partial charge in [-0.3, -0.25) is 9.59 Å². The molecule has 0 atom stereocenters. The number of ether oxygens (including phenoxy) is 1. The number of piperidine rings is 1. The Hall–Kier alpha value is -2.60. The first-order chi connectivity index (χ1) is 14.0. The molecule has 0 saturated carbocycles. The second-order valence-corrected chi connectivity index (χ2v) is 7.51. The van der Waals surface area contributed by atoms with Gasteiger partial charge in [0.2, 0.25) is 5.91 Å². The molecule has 0 aromatic heterocycles. The molecular formula is C22H24ClFN2O3. The third-order valence-corrected chi connectivity index (χ3v) is 5.41. The van der Waals surface area contributed by atoms with Gasteiger partial charge in [-0.15, -0.1) is 0 Å². The average Bonchev–Trinajstić information content (AvgIpc) is 2.74. The van der Waals surface area contributed by atoms with Crippen LogP contribution < -0.4 is 10.1 Å². The lowest BCUT2D eigenvalue weighted by atomic mass is 9.96. The number of hydrogen-bond donors (Lipinski definition) is 1. The van der Waals surface area contributed by atoms with Gasteiger partial charge >= 0.3 is 0 Å². The summed E-state index contributed by atoms with van der Waals surface area (Å²) in [5, 5.41) is 3.11.